The number of phenolic OH excluding ortho intramolecular Hbond substituents is 1. The maximum atomic E-state index is 11.0. The molecule has 0 spiro atoms. The van der Waals surface area contributed by atoms with Crippen molar-refractivity contribution in [1.82, 2.24) is 4.90 Å². The lowest BCUT2D eigenvalue weighted by Gasteiger charge is -2.27. The van der Waals surface area contributed by atoms with Gasteiger partial charge in [0.25, 0.3) is 0 Å². The van der Waals surface area contributed by atoms with Gasteiger partial charge in [-0.25, -0.2) is 0 Å². The van der Waals surface area contributed by atoms with E-state index in [1.54, 1.807) is 24.3 Å². The van der Waals surface area contributed by atoms with Gasteiger partial charge in [0.2, 0.25) is 0 Å². The largest absolute Gasteiger partial charge is 0.508 e. The Kier molecular flexibility index (Phi) is 4.28. The van der Waals surface area contributed by atoms with Crippen molar-refractivity contribution >= 4 is 0 Å². The number of phenols is 1. The first-order valence-corrected chi connectivity index (χ1v) is 9.01. The average Bonchev–Trinajstić information content (AvgIpc) is 3.11. The van der Waals surface area contributed by atoms with Gasteiger partial charge in [0, 0.05) is 19.6 Å². The van der Waals surface area contributed by atoms with E-state index in [1.165, 1.54) is 0 Å². The number of nitrogens with zero attached hydrogens (tertiary/aromatic N) is 1. The average molecular weight is 339 g/mol. The Bertz CT molecular complexity index is 702. The number of β-amino-alcohol motifs (C(OH)–C–C–N with tert-alkyl or cyclic N) is 1. The maximum absolute atomic E-state index is 11.0. The van der Waals surface area contributed by atoms with Crippen LogP contribution in [0.25, 0.3) is 0 Å². The van der Waals surface area contributed by atoms with E-state index in [0.29, 0.717) is 18.4 Å². The summed E-state index contributed by atoms with van der Waals surface area (Å²) < 4.78 is 0. The smallest absolute Gasteiger partial charge is 0.115 e. The normalized spacial score (nSPS) is 30.3. The molecule has 0 amide bonds. The summed E-state index contributed by atoms with van der Waals surface area (Å²) in [7, 11) is 0. The van der Waals surface area contributed by atoms with Crippen molar-refractivity contribution in [1.29, 1.82) is 0 Å². The molecule has 0 bridgehead atoms. The van der Waals surface area contributed by atoms with Crippen molar-refractivity contribution in [2.24, 2.45) is 11.8 Å². The fourth-order valence-corrected chi connectivity index (χ4v) is 4.63. The zero-order chi connectivity index (χ0) is 17.4. The molecule has 1 heterocycles. The third-order valence-corrected chi connectivity index (χ3v) is 5.87. The van der Waals surface area contributed by atoms with Gasteiger partial charge in [-0.1, -0.05) is 42.5 Å². The van der Waals surface area contributed by atoms with E-state index in [1.807, 2.05) is 30.3 Å². The SMILES string of the molecule is Oc1ccc([C@H](O)CN2C[C@@H]3CC(O)(c4ccccc4)C[C@@H]3C2)cc1. The van der Waals surface area contributed by atoms with Crippen molar-refractivity contribution in [3.63, 3.8) is 0 Å². The summed E-state index contributed by atoms with van der Waals surface area (Å²) in [5.41, 5.74) is 1.16. The highest BCUT2D eigenvalue weighted by molar-refractivity contribution is 5.28. The number of benzene rings is 2. The van der Waals surface area contributed by atoms with E-state index in [9.17, 15) is 15.3 Å². The van der Waals surface area contributed by atoms with Crippen LogP contribution in [0.2, 0.25) is 0 Å². The number of hydrogen-bond donors (Lipinski definition) is 3. The highest BCUT2D eigenvalue weighted by atomic mass is 16.3. The van der Waals surface area contributed by atoms with Gasteiger partial charge in [0.05, 0.1) is 11.7 Å². The van der Waals surface area contributed by atoms with E-state index >= 15 is 0 Å². The molecule has 4 rings (SSSR count). The van der Waals surface area contributed by atoms with E-state index in [2.05, 4.69) is 4.90 Å². The van der Waals surface area contributed by atoms with Crippen molar-refractivity contribution in [3.05, 3.63) is 65.7 Å². The molecule has 4 nitrogen and oxygen atoms in total. The van der Waals surface area contributed by atoms with Crippen molar-refractivity contribution in [2.75, 3.05) is 19.6 Å². The maximum Gasteiger partial charge on any atom is 0.115 e. The van der Waals surface area contributed by atoms with E-state index in [4.69, 9.17) is 0 Å². The summed E-state index contributed by atoms with van der Waals surface area (Å²) in [6.45, 7) is 2.45. The van der Waals surface area contributed by atoms with E-state index in [-0.39, 0.29) is 5.75 Å². The number of aromatic hydroxyl groups is 1. The van der Waals surface area contributed by atoms with Crippen LogP contribution in [0, 0.1) is 11.8 Å². The lowest BCUT2D eigenvalue weighted by molar-refractivity contribution is 0.0288. The van der Waals surface area contributed by atoms with Crippen LogP contribution in [-0.2, 0) is 5.60 Å². The molecule has 1 aliphatic carbocycles. The quantitative estimate of drug-likeness (QED) is 0.801. The number of hydrogen-bond acceptors (Lipinski definition) is 4. The Labute approximate surface area is 148 Å². The monoisotopic (exact) mass is 339 g/mol. The fraction of sp³-hybridized carbons (Fsp3) is 0.429. The van der Waals surface area contributed by atoms with Gasteiger partial charge in [0.15, 0.2) is 0 Å². The van der Waals surface area contributed by atoms with Gasteiger partial charge >= 0.3 is 0 Å². The molecule has 1 saturated heterocycles. The number of aliphatic hydroxyl groups is 2. The Morgan fingerprint density at radius 2 is 1.56 bits per heavy atom. The van der Waals surface area contributed by atoms with E-state index in [0.717, 1.165) is 37.1 Å². The molecule has 25 heavy (non-hydrogen) atoms. The molecule has 1 aliphatic heterocycles. The summed E-state index contributed by atoms with van der Waals surface area (Å²) in [6, 6.07) is 16.8. The van der Waals surface area contributed by atoms with Crippen LogP contribution in [0.1, 0.15) is 30.1 Å². The molecule has 2 aromatic carbocycles. The van der Waals surface area contributed by atoms with Gasteiger partial charge in [-0.3, -0.25) is 4.90 Å². The number of rotatable bonds is 4. The number of fused-ring (bicyclic) bond motifs is 1. The van der Waals surface area contributed by atoms with Gasteiger partial charge < -0.3 is 15.3 Å². The van der Waals surface area contributed by atoms with Crippen molar-refractivity contribution < 1.29 is 15.3 Å². The fourth-order valence-electron chi connectivity index (χ4n) is 4.63. The van der Waals surface area contributed by atoms with E-state index < -0.39 is 11.7 Å². The Hall–Kier alpha value is -1.88. The molecule has 2 fully saturated rings. The van der Waals surface area contributed by atoms with Crippen LogP contribution in [0.4, 0.5) is 0 Å². The molecule has 2 aromatic rings. The second-order valence-electron chi connectivity index (χ2n) is 7.65. The molecule has 132 valence electrons. The second-order valence-corrected chi connectivity index (χ2v) is 7.65. The van der Waals surface area contributed by atoms with Crippen LogP contribution in [0.3, 0.4) is 0 Å². The molecular weight excluding hydrogens is 314 g/mol. The third kappa shape index (κ3) is 3.30. The lowest BCUT2D eigenvalue weighted by atomic mass is 9.90. The van der Waals surface area contributed by atoms with Gasteiger partial charge in [-0.05, 0) is 47.9 Å². The summed E-state index contributed by atoms with van der Waals surface area (Å²) in [4.78, 5) is 2.30. The van der Waals surface area contributed by atoms with Crippen LogP contribution < -0.4 is 0 Å². The van der Waals surface area contributed by atoms with Gasteiger partial charge in [0.1, 0.15) is 5.75 Å². The Morgan fingerprint density at radius 1 is 0.960 bits per heavy atom. The predicted octanol–water partition coefficient (Wildman–Crippen LogP) is 2.66. The molecule has 1 unspecified atom stereocenters. The first kappa shape index (κ1) is 16.6. The minimum atomic E-state index is -0.696. The summed E-state index contributed by atoms with van der Waals surface area (Å²) >= 11 is 0. The highest BCUT2D eigenvalue weighted by Gasteiger charge is 2.49. The first-order chi connectivity index (χ1) is 12.0. The lowest BCUT2D eigenvalue weighted by Crippen LogP contribution is -2.30. The molecule has 0 radical (unpaired) electrons. The molecule has 4 heteroatoms. The van der Waals surface area contributed by atoms with Crippen LogP contribution >= 0.6 is 0 Å². The third-order valence-electron chi connectivity index (χ3n) is 5.87. The summed E-state index contributed by atoms with van der Waals surface area (Å²) in [5.74, 6) is 1.18. The van der Waals surface area contributed by atoms with Crippen LogP contribution in [-0.4, -0.2) is 39.9 Å². The number of likely N-dealkylation sites (tertiary alicyclic amines) is 1. The Morgan fingerprint density at radius 3 is 2.16 bits per heavy atom. The zero-order valence-electron chi connectivity index (χ0n) is 14.3. The Balaban J connectivity index is 1.37. The van der Waals surface area contributed by atoms with Crippen LogP contribution in [0.15, 0.2) is 54.6 Å². The molecule has 3 N–H and O–H groups in total. The molecule has 0 aromatic heterocycles. The minimum Gasteiger partial charge on any atom is -0.508 e. The second kappa shape index (κ2) is 6.45. The molecular formula is C21H25NO3. The molecule has 1 saturated carbocycles. The number of aliphatic hydroxyl groups excluding tert-OH is 1. The van der Waals surface area contributed by atoms with Crippen molar-refractivity contribution in [2.45, 2.75) is 24.5 Å². The standard InChI is InChI=1S/C21H25NO3/c23-19-8-6-15(7-9-19)20(24)14-22-12-16-10-21(25,11-17(16)13-22)18-4-2-1-3-5-18/h1-9,16-17,20,23-25H,10-14H2/t16-,17+,20-,21?/m1/s1. The summed E-state index contributed by atoms with van der Waals surface area (Å²) in [6.07, 6.45) is 1.05. The molecule has 4 atom stereocenters. The minimum absolute atomic E-state index is 0.215. The van der Waals surface area contributed by atoms with Crippen LogP contribution in [0.5, 0.6) is 5.75 Å². The molecule has 2 aliphatic rings. The highest BCUT2D eigenvalue weighted by Crippen LogP contribution is 2.49. The van der Waals surface area contributed by atoms with Crippen molar-refractivity contribution in [3.8, 4) is 5.75 Å². The van der Waals surface area contributed by atoms with Gasteiger partial charge in [-0.2, -0.15) is 0 Å². The topological polar surface area (TPSA) is 63.9 Å². The summed E-state index contributed by atoms with van der Waals surface area (Å²) in [5, 5.41) is 30.9. The van der Waals surface area contributed by atoms with Gasteiger partial charge in [-0.15, -0.1) is 0 Å². The first-order valence-electron chi connectivity index (χ1n) is 9.01. The predicted molar refractivity (Wildman–Crippen MR) is 96.1 cm³/mol. The zero-order valence-corrected chi connectivity index (χ0v) is 14.3.